The van der Waals surface area contributed by atoms with Crippen LogP contribution in [0.4, 0.5) is 11.4 Å². The Morgan fingerprint density at radius 2 is 1.21 bits per heavy atom. The molecule has 2 heterocycles. The number of rotatable bonds is 12. The molecule has 0 fully saturated rings. The number of hydrogen-bond acceptors (Lipinski definition) is 14. The fourth-order valence-corrected chi connectivity index (χ4v) is 8.31. The summed E-state index contributed by atoms with van der Waals surface area (Å²) in [5.41, 5.74) is 0.707. The first kappa shape index (κ1) is 29.8. The average Bonchev–Trinajstić information content (AvgIpc) is 3.60. The highest BCUT2D eigenvalue weighted by Gasteiger charge is 2.19. The van der Waals surface area contributed by atoms with Gasteiger partial charge in [-0.05, 0) is 72.0 Å². The molecule has 0 aliphatic carbocycles. The van der Waals surface area contributed by atoms with Gasteiger partial charge in [0, 0.05) is 11.4 Å². The van der Waals surface area contributed by atoms with E-state index in [2.05, 4.69) is 29.3 Å². The molecule has 2 N–H and O–H groups in total. The third-order valence-corrected chi connectivity index (χ3v) is 11.4. The number of benzene rings is 2. The maximum absolute atomic E-state index is 13.3. The van der Waals surface area contributed by atoms with Gasteiger partial charge in [0.15, 0.2) is 8.68 Å². The number of sulfone groups is 1. The van der Waals surface area contributed by atoms with Crippen LogP contribution in [-0.4, -0.2) is 63.0 Å². The topological polar surface area (TPSA) is 144 Å². The molecule has 2 aromatic heterocycles. The third kappa shape index (κ3) is 8.42. The van der Waals surface area contributed by atoms with Gasteiger partial charge in [-0.2, -0.15) is 8.75 Å². The van der Waals surface area contributed by atoms with Crippen LogP contribution >= 0.6 is 70.1 Å². The van der Waals surface area contributed by atoms with Crippen molar-refractivity contribution in [3.8, 4) is 0 Å². The van der Waals surface area contributed by atoms with E-state index in [1.165, 1.54) is 94.4 Å². The first-order chi connectivity index (χ1) is 18.8. The van der Waals surface area contributed by atoms with E-state index in [9.17, 15) is 18.0 Å². The first-order valence-corrected chi connectivity index (χ1v) is 18.3. The van der Waals surface area contributed by atoms with Crippen LogP contribution in [0.5, 0.6) is 0 Å². The SMILES string of the molecule is CSc1nsc(SCC(=O)Nc2cccc(S(=O)(=O)c3cccc(NC(=O)CSc4nc(SC)ns4)c3)c2)n1. The Morgan fingerprint density at radius 3 is 1.59 bits per heavy atom. The molecule has 4 rings (SSSR count). The predicted molar refractivity (Wildman–Crippen MR) is 160 cm³/mol. The van der Waals surface area contributed by atoms with E-state index in [0.29, 0.717) is 30.4 Å². The maximum atomic E-state index is 13.3. The number of nitrogens with one attached hydrogen (secondary N) is 2. The second kappa shape index (κ2) is 14.0. The minimum Gasteiger partial charge on any atom is -0.325 e. The molecule has 0 aliphatic heterocycles. The second-order valence-corrected chi connectivity index (χ2v) is 14.8. The van der Waals surface area contributed by atoms with Crippen molar-refractivity contribution in [1.82, 2.24) is 18.7 Å². The molecule has 0 unspecified atom stereocenters. The minimum atomic E-state index is -3.92. The average molecular weight is 657 g/mol. The number of thioether (sulfide) groups is 4. The van der Waals surface area contributed by atoms with E-state index >= 15 is 0 Å². The summed E-state index contributed by atoms with van der Waals surface area (Å²) in [7, 11) is -3.92. The van der Waals surface area contributed by atoms with Gasteiger partial charge < -0.3 is 10.6 Å². The Kier molecular flexibility index (Phi) is 10.7. The number of nitrogens with zero attached hydrogens (tertiary/aromatic N) is 4. The van der Waals surface area contributed by atoms with E-state index < -0.39 is 9.84 Å². The van der Waals surface area contributed by atoms with Crippen LogP contribution < -0.4 is 10.6 Å². The van der Waals surface area contributed by atoms with Gasteiger partial charge in [-0.15, -0.1) is 0 Å². The van der Waals surface area contributed by atoms with Gasteiger partial charge in [-0.3, -0.25) is 9.59 Å². The zero-order chi connectivity index (χ0) is 27.8. The van der Waals surface area contributed by atoms with E-state index in [1.54, 1.807) is 24.3 Å². The molecule has 0 aliphatic rings. The Hall–Kier alpha value is -2.15. The van der Waals surface area contributed by atoms with E-state index in [-0.39, 0.29) is 33.1 Å². The van der Waals surface area contributed by atoms with Gasteiger partial charge in [-0.1, -0.05) is 59.2 Å². The molecule has 204 valence electrons. The van der Waals surface area contributed by atoms with E-state index in [1.807, 2.05) is 12.5 Å². The zero-order valence-corrected chi connectivity index (χ0v) is 26.0. The molecule has 0 bridgehead atoms. The number of hydrogen-bond donors (Lipinski definition) is 2. The van der Waals surface area contributed by atoms with Gasteiger partial charge in [-0.25, -0.2) is 18.4 Å². The Balaban J connectivity index is 1.37. The molecule has 0 saturated heterocycles. The Labute approximate surface area is 250 Å². The van der Waals surface area contributed by atoms with Gasteiger partial charge in [0.05, 0.1) is 21.3 Å². The fraction of sp³-hybridized carbons (Fsp3) is 0.182. The van der Waals surface area contributed by atoms with Crippen LogP contribution in [0.2, 0.25) is 0 Å². The quantitative estimate of drug-likeness (QED) is 0.195. The summed E-state index contributed by atoms with van der Waals surface area (Å²) in [6.45, 7) is 0. The number of anilines is 2. The summed E-state index contributed by atoms with van der Waals surface area (Å²) in [5, 5.41) is 6.76. The van der Waals surface area contributed by atoms with Crippen molar-refractivity contribution in [2.24, 2.45) is 0 Å². The van der Waals surface area contributed by atoms with Crippen LogP contribution in [0, 0.1) is 0 Å². The van der Waals surface area contributed by atoms with Crippen molar-refractivity contribution in [3.63, 3.8) is 0 Å². The van der Waals surface area contributed by atoms with Gasteiger partial charge >= 0.3 is 0 Å². The van der Waals surface area contributed by atoms with Crippen molar-refractivity contribution < 1.29 is 18.0 Å². The molecule has 0 atom stereocenters. The largest absolute Gasteiger partial charge is 0.325 e. The maximum Gasteiger partial charge on any atom is 0.234 e. The molecule has 0 spiro atoms. The van der Waals surface area contributed by atoms with Crippen LogP contribution in [0.1, 0.15) is 0 Å². The molecule has 17 heteroatoms. The van der Waals surface area contributed by atoms with Crippen LogP contribution in [0.3, 0.4) is 0 Å². The van der Waals surface area contributed by atoms with Gasteiger partial charge in [0.25, 0.3) is 0 Å². The Bertz CT molecular complexity index is 1460. The molecule has 39 heavy (non-hydrogen) atoms. The predicted octanol–water partition coefficient (Wildman–Crippen LogP) is 5.13. The lowest BCUT2D eigenvalue weighted by Gasteiger charge is -2.10. The monoisotopic (exact) mass is 656 g/mol. The zero-order valence-electron chi connectivity index (χ0n) is 20.3. The van der Waals surface area contributed by atoms with Crippen LogP contribution in [-0.2, 0) is 19.4 Å². The summed E-state index contributed by atoms with van der Waals surface area (Å²) in [5.74, 6) is -0.372. The molecule has 2 amide bonds. The van der Waals surface area contributed by atoms with Gasteiger partial charge in [0.1, 0.15) is 0 Å². The number of carbonyl (C=O) groups excluding carboxylic acids is 2. The number of amides is 2. The molecule has 0 radical (unpaired) electrons. The highest BCUT2D eigenvalue weighted by atomic mass is 32.2. The summed E-state index contributed by atoms with van der Waals surface area (Å²) in [6.07, 6.45) is 3.75. The molecular weight excluding hydrogens is 637 g/mol. The lowest BCUT2D eigenvalue weighted by molar-refractivity contribution is -0.114. The highest BCUT2D eigenvalue weighted by Crippen LogP contribution is 2.27. The summed E-state index contributed by atoms with van der Waals surface area (Å²) in [6, 6.07) is 12.1. The van der Waals surface area contributed by atoms with Crippen molar-refractivity contribution in [3.05, 3.63) is 48.5 Å². The highest BCUT2D eigenvalue weighted by molar-refractivity contribution is 8.02. The smallest absolute Gasteiger partial charge is 0.234 e. The second-order valence-electron chi connectivity index (χ2n) is 7.33. The molecular formula is C22H20N6O4S7. The fourth-order valence-electron chi connectivity index (χ4n) is 2.94. The lowest BCUT2D eigenvalue weighted by Crippen LogP contribution is -2.15. The summed E-state index contributed by atoms with van der Waals surface area (Å²) >= 11 is 7.82. The minimum absolute atomic E-state index is 0.0154. The number of aromatic nitrogens is 4. The Morgan fingerprint density at radius 1 is 0.769 bits per heavy atom. The summed E-state index contributed by atoms with van der Waals surface area (Å²) < 4.78 is 36.3. The number of carbonyl (C=O) groups is 2. The third-order valence-electron chi connectivity index (χ3n) is 4.65. The molecule has 10 nitrogen and oxygen atoms in total. The molecule has 0 saturated carbocycles. The van der Waals surface area contributed by atoms with Crippen molar-refractivity contribution in [1.29, 1.82) is 0 Å². The molecule has 2 aromatic carbocycles. The van der Waals surface area contributed by atoms with Crippen LogP contribution in [0.15, 0.2) is 77.3 Å². The normalized spacial score (nSPS) is 11.3. The van der Waals surface area contributed by atoms with Crippen LogP contribution in [0.25, 0.3) is 0 Å². The molecule has 4 aromatic rings. The lowest BCUT2D eigenvalue weighted by atomic mass is 10.3. The first-order valence-electron chi connectivity index (χ1n) is 10.8. The summed E-state index contributed by atoms with van der Waals surface area (Å²) in [4.78, 5) is 33.4. The standard InChI is InChI=1S/C22H20N6O4S7/c1-33-19-25-21(37-27-19)35-11-17(29)23-13-5-3-7-15(9-13)39(31,32)16-8-4-6-14(10-16)24-18(30)12-36-22-26-20(34-2)28-38-22/h3-10H,11-12H2,1-2H3,(H,23,29)(H,24,30). The van der Waals surface area contributed by atoms with Gasteiger partial charge in [0.2, 0.25) is 32.0 Å². The van der Waals surface area contributed by atoms with E-state index in [0.717, 1.165) is 0 Å². The van der Waals surface area contributed by atoms with E-state index in [4.69, 9.17) is 0 Å². The van der Waals surface area contributed by atoms with Crippen molar-refractivity contribution in [2.45, 2.75) is 28.8 Å². The van der Waals surface area contributed by atoms with Crippen molar-refractivity contribution in [2.75, 3.05) is 34.7 Å². The van der Waals surface area contributed by atoms with Crippen molar-refractivity contribution >= 4 is 103 Å².